The lowest BCUT2D eigenvalue weighted by Crippen LogP contribution is -2.07. The second-order valence-electron chi connectivity index (χ2n) is 6.79. The number of nitrogens with zero attached hydrogens (tertiary/aromatic N) is 3. The Morgan fingerprint density at radius 1 is 0.964 bits per heavy atom. The van der Waals surface area contributed by atoms with Crippen LogP contribution < -0.4 is 5.32 Å². The lowest BCUT2D eigenvalue weighted by atomic mass is 10.0. The van der Waals surface area contributed by atoms with E-state index >= 15 is 0 Å². The molecule has 0 aliphatic heterocycles. The van der Waals surface area contributed by atoms with Crippen molar-refractivity contribution in [3.05, 3.63) is 89.2 Å². The molecule has 5 heteroatoms. The Morgan fingerprint density at radius 3 is 2.57 bits per heavy atom. The molecular weight excluding hydrogens is 348 g/mol. The summed E-state index contributed by atoms with van der Waals surface area (Å²) in [6, 6.07) is 19.3. The molecule has 4 aromatic rings. The zero-order valence-corrected chi connectivity index (χ0v) is 15.8. The second kappa shape index (κ2) is 7.56. The predicted octanol–water partition coefficient (Wildman–Crippen LogP) is 4.81. The fourth-order valence-corrected chi connectivity index (χ4v) is 3.07. The number of nitrogens with one attached hydrogen (secondary N) is 1. The average Bonchev–Trinajstić information content (AvgIpc) is 2.69. The van der Waals surface area contributed by atoms with Crippen LogP contribution in [0, 0.1) is 13.8 Å². The van der Waals surface area contributed by atoms with Gasteiger partial charge in [0.1, 0.15) is 5.52 Å². The summed E-state index contributed by atoms with van der Waals surface area (Å²) < 4.78 is 0. The van der Waals surface area contributed by atoms with Crippen molar-refractivity contribution in [2.45, 2.75) is 20.3 Å². The van der Waals surface area contributed by atoms with Gasteiger partial charge in [-0.2, -0.15) is 0 Å². The third kappa shape index (κ3) is 3.88. The number of rotatable bonds is 5. The Bertz CT molecular complexity index is 1160. The van der Waals surface area contributed by atoms with Crippen molar-refractivity contribution >= 4 is 28.5 Å². The summed E-state index contributed by atoms with van der Waals surface area (Å²) in [5, 5.41) is 3.22. The van der Waals surface area contributed by atoms with Gasteiger partial charge in [0, 0.05) is 23.4 Å². The van der Waals surface area contributed by atoms with Crippen LogP contribution >= 0.6 is 0 Å². The number of benzene rings is 2. The first kappa shape index (κ1) is 17.8. The second-order valence-corrected chi connectivity index (χ2v) is 6.79. The van der Waals surface area contributed by atoms with Gasteiger partial charge in [0.05, 0.1) is 6.20 Å². The van der Waals surface area contributed by atoms with Crippen LogP contribution in [-0.2, 0) is 6.42 Å². The number of para-hydroxylation sites is 1. The minimum atomic E-state index is 0.0725. The zero-order valence-electron chi connectivity index (χ0n) is 15.8. The monoisotopic (exact) mass is 368 g/mol. The Hall–Kier alpha value is -3.60. The number of pyridine rings is 1. The average molecular weight is 368 g/mol. The third-order valence-corrected chi connectivity index (χ3v) is 4.57. The lowest BCUT2D eigenvalue weighted by molar-refractivity contribution is 0.0992. The van der Waals surface area contributed by atoms with Gasteiger partial charge in [0.2, 0.25) is 0 Å². The van der Waals surface area contributed by atoms with Crippen LogP contribution in [0.15, 0.2) is 66.9 Å². The molecule has 28 heavy (non-hydrogen) atoms. The van der Waals surface area contributed by atoms with Crippen LogP contribution in [0.2, 0.25) is 0 Å². The fraction of sp³-hybridized carbons (Fsp3) is 0.130. The first-order valence-electron chi connectivity index (χ1n) is 9.14. The van der Waals surface area contributed by atoms with Crippen molar-refractivity contribution in [3.8, 4) is 0 Å². The SMILES string of the molecule is Cc1cccc(C(=O)Cc2cc3ncc(Nc4ccccc4)nc3nc2C)c1. The summed E-state index contributed by atoms with van der Waals surface area (Å²) in [4.78, 5) is 26.2. The fourth-order valence-electron chi connectivity index (χ4n) is 3.07. The molecule has 0 atom stereocenters. The summed E-state index contributed by atoms with van der Waals surface area (Å²) in [7, 11) is 0. The van der Waals surface area contributed by atoms with E-state index in [2.05, 4.69) is 20.3 Å². The molecule has 0 aliphatic carbocycles. The molecule has 2 heterocycles. The molecule has 4 rings (SSSR count). The molecule has 2 aromatic heterocycles. The molecule has 0 amide bonds. The van der Waals surface area contributed by atoms with Gasteiger partial charge in [-0.3, -0.25) is 4.79 Å². The summed E-state index contributed by atoms with van der Waals surface area (Å²) in [5.74, 6) is 0.706. The molecule has 2 aromatic carbocycles. The Labute approximate surface area is 163 Å². The standard InChI is InChI=1S/C23H20N4O/c1-15-7-6-8-17(11-15)21(28)13-18-12-20-23(25-16(18)2)27-22(14-24-20)26-19-9-4-3-5-10-19/h3-12,14H,13H2,1-2H3,(H,25,26,27). The highest BCUT2D eigenvalue weighted by atomic mass is 16.1. The molecule has 0 spiro atoms. The maximum absolute atomic E-state index is 12.6. The smallest absolute Gasteiger partial charge is 0.180 e. The minimum Gasteiger partial charge on any atom is -0.339 e. The number of carbonyl (C=O) groups is 1. The molecule has 0 unspecified atom stereocenters. The van der Waals surface area contributed by atoms with E-state index in [1.54, 1.807) is 6.20 Å². The summed E-state index contributed by atoms with van der Waals surface area (Å²) >= 11 is 0. The first-order chi connectivity index (χ1) is 13.6. The van der Waals surface area contributed by atoms with Gasteiger partial charge >= 0.3 is 0 Å². The van der Waals surface area contributed by atoms with Crippen LogP contribution in [0.5, 0.6) is 0 Å². The van der Waals surface area contributed by atoms with Gasteiger partial charge in [-0.1, -0.05) is 42.0 Å². The van der Waals surface area contributed by atoms with E-state index in [0.29, 0.717) is 29.0 Å². The van der Waals surface area contributed by atoms with Gasteiger partial charge in [-0.05, 0) is 43.7 Å². The van der Waals surface area contributed by atoms with Crippen molar-refractivity contribution in [1.29, 1.82) is 0 Å². The van der Waals surface area contributed by atoms with Gasteiger partial charge in [0.25, 0.3) is 0 Å². The van der Waals surface area contributed by atoms with Crippen molar-refractivity contribution in [1.82, 2.24) is 15.0 Å². The Morgan fingerprint density at radius 2 is 1.79 bits per heavy atom. The highest BCUT2D eigenvalue weighted by molar-refractivity contribution is 5.98. The quantitative estimate of drug-likeness (QED) is 0.512. The van der Waals surface area contributed by atoms with E-state index in [0.717, 1.165) is 22.5 Å². The van der Waals surface area contributed by atoms with E-state index in [9.17, 15) is 4.79 Å². The van der Waals surface area contributed by atoms with Crippen LogP contribution in [0.25, 0.3) is 11.2 Å². The predicted molar refractivity (Wildman–Crippen MR) is 111 cm³/mol. The largest absolute Gasteiger partial charge is 0.339 e. The van der Waals surface area contributed by atoms with Crippen molar-refractivity contribution in [2.75, 3.05) is 5.32 Å². The van der Waals surface area contributed by atoms with E-state index in [1.165, 1.54) is 0 Å². The highest BCUT2D eigenvalue weighted by Gasteiger charge is 2.12. The van der Waals surface area contributed by atoms with Crippen molar-refractivity contribution in [2.24, 2.45) is 0 Å². The van der Waals surface area contributed by atoms with Crippen molar-refractivity contribution in [3.63, 3.8) is 0 Å². The van der Waals surface area contributed by atoms with Crippen LogP contribution in [-0.4, -0.2) is 20.7 Å². The normalized spacial score (nSPS) is 10.8. The van der Waals surface area contributed by atoms with Gasteiger partial charge in [-0.15, -0.1) is 0 Å². The summed E-state index contributed by atoms with van der Waals surface area (Å²) in [6.45, 7) is 3.88. The first-order valence-corrected chi connectivity index (χ1v) is 9.14. The van der Waals surface area contributed by atoms with E-state index < -0.39 is 0 Å². The molecule has 0 aliphatic rings. The molecule has 0 bridgehead atoms. The molecule has 5 nitrogen and oxygen atoms in total. The van der Waals surface area contributed by atoms with Gasteiger partial charge in [-0.25, -0.2) is 15.0 Å². The molecule has 0 saturated carbocycles. The zero-order chi connectivity index (χ0) is 19.5. The van der Waals surface area contributed by atoms with Crippen LogP contribution in [0.4, 0.5) is 11.5 Å². The number of aromatic nitrogens is 3. The van der Waals surface area contributed by atoms with Crippen molar-refractivity contribution < 1.29 is 4.79 Å². The van der Waals surface area contributed by atoms with Gasteiger partial charge < -0.3 is 5.32 Å². The lowest BCUT2D eigenvalue weighted by Gasteiger charge is -2.09. The molecular formula is C23H20N4O. The molecule has 138 valence electrons. The summed E-state index contributed by atoms with van der Waals surface area (Å²) in [5.41, 5.74) is 5.63. The number of aryl methyl sites for hydroxylation is 2. The third-order valence-electron chi connectivity index (χ3n) is 4.57. The number of fused-ring (bicyclic) bond motifs is 1. The number of carbonyl (C=O) groups excluding carboxylic acids is 1. The maximum Gasteiger partial charge on any atom is 0.180 e. The number of Topliss-reactive ketones (excluding diaryl/α,β-unsaturated/α-hetero) is 1. The Kier molecular flexibility index (Phi) is 4.81. The van der Waals surface area contributed by atoms with Gasteiger partial charge in [0.15, 0.2) is 17.2 Å². The van der Waals surface area contributed by atoms with Crippen LogP contribution in [0.3, 0.4) is 0 Å². The molecule has 1 N–H and O–H groups in total. The number of hydrogen-bond acceptors (Lipinski definition) is 5. The minimum absolute atomic E-state index is 0.0725. The number of ketones is 1. The Balaban J connectivity index is 1.60. The summed E-state index contributed by atoms with van der Waals surface area (Å²) in [6.07, 6.45) is 1.97. The maximum atomic E-state index is 12.6. The highest BCUT2D eigenvalue weighted by Crippen LogP contribution is 2.19. The van der Waals surface area contributed by atoms with Crippen LogP contribution in [0.1, 0.15) is 27.2 Å². The molecule has 0 radical (unpaired) electrons. The van der Waals surface area contributed by atoms with E-state index in [4.69, 9.17) is 0 Å². The van der Waals surface area contributed by atoms with E-state index in [1.807, 2.05) is 74.5 Å². The molecule has 0 fully saturated rings. The topological polar surface area (TPSA) is 67.8 Å². The number of hydrogen-bond donors (Lipinski definition) is 1. The molecule has 0 saturated heterocycles. The number of anilines is 2. The van der Waals surface area contributed by atoms with E-state index in [-0.39, 0.29) is 5.78 Å².